The van der Waals surface area contributed by atoms with Crippen molar-refractivity contribution in [3.8, 4) is 11.3 Å². The monoisotopic (exact) mass is 456 g/mol. The van der Waals surface area contributed by atoms with Gasteiger partial charge in [-0.25, -0.2) is 13.4 Å². The number of amides is 1. The van der Waals surface area contributed by atoms with Gasteiger partial charge in [0.1, 0.15) is 0 Å². The number of nitrogens with zero attached hydrogens (tertiary/aromatic N) is 3. The van der Waals surface area contributed by atoms with Crippen molar-refractivity contribution in [1.82, 2.24) is 14.3 Å². The van der Waals surface area contributed by atoms with Crippen LogP contribution in [0.4, 0.5) is 5.13 Å². The third-order valence-corrected chi connectivity index (χ3v) is 7.88. The number of hydrogen-bond donors (Lipinski definition) is 1. The maximum Gasteiger partial charge on any atom is 0.257 e. The average molecular weight is 457 g/mol. The average Bonchev–Trinajstić information content (AvgIpc) is 3.22. The molecule has 0 aliphatic carbocycles. The highest BCUT2D eigenvalue weighted by Gasteiger charge is 2.31. The first-order valence-corrected chi connectivity index (χ1v) is 12.4. The molecule has 0 unspecified atom stereocenters. The van der Waals surface area contributed by atoms with Crippen LogP contribution in [0.2, 0.25) is 0 Å². The third kappa shape index (κ3) is 4.84. The van der Waals surface area contributed by atoms with Crippen LogP contribution >= 0.6 is 11.3 Å². The number of carbonyl (C=O) groups is 1. The minimum atomic E-state index is -3.57. The Morgan fingerprint density at radius 3 is 2.48 bits per heavy atom. The van der Waals surface area contributed by atoms with E-state index in [0.29, 0.717) is 35.6 Å². The molecular formula is C22H24N4O3S2. The van der Waals surface area contributed by atoms with Crippen LogP contribution in [0, 0.1) is 11.8 Å². The molecule has 0 radical (unpaired) electrons. The molecule has 162 valence electrons. The van der Waals surface area contributed by atoms with Crippen molar-refractivity contribution in [2.24, 2.45) is 11.8 Å². The quantitative estimate of drug-likeness (QED) is 0.623. The van der Waals surface area contributed by atoms with Crippen molar-refractivity contribution >= 4 is 32.4 Å². The van der Waals surface area contributed by atoms with Gasteiger partial charge < -0.3 is 0 Å². The number of thiazole rings is 1. The lowest BCUT2D eigenvalue weighted by Crippen LogP contribution is -2.42. The summed E-state index contributed by atoms with van der Waals surface area (Å²) >= 11 is 1.32. The molecule has 2 aromatic heterocycles. The van der Waals surface area contributed by atoms with Crippen LogP contribution in [0.1, 0.15) is 30.6 Å². The van der Waals surface area contributed by atoms with E-state index in [1.54, 1.807) is 16.7 Å². The Kier molecular flexibility index (Phi) is 6.17. The normalized spacial score (nSPS) is 19.8. The van der Waals surface area contributed by atoms with Gasteiger partial charge in [0.15, 0.2) is 5.13 Å². The molecule has 0 spiro atoms. The molecular weight excluding hydrogens is 432 g/mol. The van der Waals surface area contributed by atoms with Crippen LogP contribution in [0.25, 0.3) is 11.3 Å². The van der Waals surface area contributed by atoms with Gasteiger partial charge in [-0.05, 0) is 54.7 Å². The number of anilines is 1. The Morgan fingerprint density at radius 2 is 1.84 bits per heavy atom. The molecule has 3 aromatic rings. The molecule has 9 heteroatoms. The lowest BCUT2D eigenvalue weighted by atomic mass is 9.94. The van der Waals surface area contributed by atoms with E-state index in [-0.39, 0.29) is 10.8 Å². The van der Waals surface area contributed by atoms with Crippen molar-refractivity contribution in [2.75, 3.05) is 18.4 Å². The molecule has 1 aliphatic rings. The third-order valence-electron chi connectivity index (χ3n) is 5.27. The molecule has 0 saturated carbocycles. The molecule has 1 saturated heterocycles. The Hall–Kier alpha value is -2.62. The first-order valence-electron chi connectivity index (χ1n) is 10.1. The number of rotatable bonds is 5. The highest BCUT2D eigenvalue weighted by atomic mass is 32.2. The van der Waals surface area contributed by atoms with Crippen LogP contribution in [0.5, 0.6) is 0 Å². The van der Waals surface area contributed by atoms with Crippen molar-refractivity contribution in [3.63, 3.8) is 0 Å². The summed E-state index contributed by atoms with van der Waals surface area (Å²) in [6.45, 7) is 5.20. The molecule has 1 N–H and O–H groups in total. The molecule has 4 rings (SSSR count). The van der Waals surface area contributed by atoms with Gasteiger partial charge in [0, 0.05) is 42.0 Å². The van der Waals surface area contributed by atoms with E-state index >= 15 is 0 Å². The number of pyridine rings is 1. The molecule has 2 atom stereocenters. The Bertz CT molecular complexity index is 1150. The molecule has 31 heavy (non-hydrogen) atoms. The van der Waals surface area contributed by atoms with Crippen molar-refractivity contribution in [1.29, 1.82) is 0 Å². The topological polar surface area (TPSA) is 92.3 Å². The number of nitrogens with one attached hydrogen (secondary N) is 1. The minimum absolute atomic E-state index is 0.207. The number of sulfonamides is 1. The first kappa shape index (κ1) is 21.6. The van der Waals surface area contributed by atoms with E-state index in [2.05, 4.69) is 29.1 Å². The van der Waals surface area contributed by atoms with Crippen molar-refractivity contribution in [3.05, 3.63) is 59.7 Å². The SMILES string of the molecule is C[C@@H]1C[C@H](C)CN(S(=O)(=O)c2ccc(C(=O)Nc3nc(-c4cccnc4)cs3)cc2)C1. The van der Waals surface area contributed by atoms with Crippen LogP contribution in [-0.2, 0) is 10.0 Å². The molecule has 1 aromatic carbocycles. The van der Waals surface area contributed by atoms with Crippen molar-refractivity contribution in [2.45, 2.75) is 25.2 Å². The zero-order valence-electron chi connectivity index (χ0n) is 17.4. The van der Waals surface area contributed by atoms with E-state index in [9.17, 15) is 13.2 Å². The summed E-state index contributed by atoms with van der Waals surface area (Å²) in [6, 6.07) is 9.79. The number of benzene rings is 1. The van der Waals surface area contributed by atoms with E-state index in [4.69, 9.17) is 0 Å². The second-order valence-corrected chi connectivity index (χ2v) is 10.8. The largest absolute Gasteiger partial charge is 0.298 e. The van der Waals surface area contributed by atoms with Gasteiger partial charge in [0.25, 0.3) is 5.91 Å². The zero-order chi connectivity index (χ0) is 22.0. The standard InChI is InChI=1S/C22H24N4O3S2/c1-15-10-16(2)13-26(12-15)31(28,29)19-7-5-17(6-8-19)21(27)25-22-24-20(14-30-22)18-4-3-9-23-11-18/h3-9,11,14-16H,10,12-13H2,1-2H3,(H,24,25,27)/t15-,16+. The van der Waals surface area contributed by atoms with Crippen LogP contribution in [0.15, 0.2) is 59.1 Å². The van der Waals surface area contributed by atoms with E-state index in [0.717, 1.165) is 17.7 Å². The maximum absolute atomic E-state index is 13.0. The summed E-state index contributed by atoms with van der Waals surface area (Å²) in [5.41, 5.74) is 1.98. The predicted octanol–water partition coefficient (Wildman–Crippen LogP) is 4.12. The van der Waals surface area contributed by atoms with Crippen LogP contribution in [0.3, 0.4) is 0 Å². The maximum atomic E-state index is 13.0. The minimum Gasteiger partial charge on any atom is -0.298 e. The second kappa shape index (κ2) is 8.86. The van der Waals surface area contributed by atoms with Gasteiger partial charge in [-0.1, -0.05) is 13.8 Å². The van der Waals surface area contributed by atoms with Gasteiger partial charge in [-0.3, -0.25) is 15.1 Å². The van der Waals surface area contributed by atoms with Crippen molar-refractivity contribution < 1.29 is 13.2 Å². The first-order chi connectivity index (χ1) is 14.8. The zero-order valence-corrected chi connectivity index (χ0v) is 19.0. The summed E-state index contributed by atoms with van der Waals surface area (Å²) in [7, 11) is -3.57. The highest BCUT2D eigenvalue weighted by Crippen LogP contribution is 2.27. The number of aromatic nitrogens is 2. The number of carbonyl (C=O) groups excluding carboxylic acids is 1. The lowest BCUT2D eigenvalue weighted by Gasteiger charge is -2.34. The summed E-state index contributed by atoms with van der Waals surface area (Å²) in [5, 5.41) is 5.09. The molecule has 1 fully saturated rings. The Labute approximate surface area is 186 Å². The summed E-state index contributed by atoms with van der Waals surface area (Å²) in [5.74, 6) is 0.327. The lowest BCUT2D eigenvalue weighted by molar-refractivity contribution is 0.102. The van der Waals surface area contributed by atoms with Gasteiger partial charge in [0.2, 0.25) is 10.0 Å². The van der Waals surface area contributed by atoms with Gasteiger partial charge in [-0.2, -0.15) is 4.31 Å². The smallest absolute Gasteiger partial charge is 0.257 e. The van der Waals surface area contributed by atoms with E-state index in [1.165, 1.54) is 35.6 Å². The van der Waals surface area contributed by atoms with Gasteiger partial charge in [-0.15, -0.1) is 11.3 Å². The molecule has 1 aliphatic heterocycles. The molecule has 0 bridgehead atoms. The molecule has 3 heterocycles. The van der Waals surface area contributed by atoms with Gasteiger partial charge >= 0.3 is 0 Å². The predicted molar refractivity (Wildman–Crippen MR) is 121 cm³/mol. The van der Waals surface area contributed by atoms with E-state index in [1.807, 2.05) is 17.5 Å². The fraction of sp³-hybridized carbons (Fsp3) is 0.318. The van der Waals surface area contributed by atoms with Gasteiger partial charge in [0.05, 0.1) is 10.6 Å². The molecule has 7 nitrogen and oxygen atoms in total. The summed E-state index contributed by atoms with van der Waals surface area (Å²) in [6.07, 6.45) is 4.43. The second-order valence-electron chi connectivity index (χ2n) is 8.03. The fourth-order valence-corrected chi connectivity index (χ4v) is 6.27. The van der Waals surface area contributed by atoms with Crippen LogP contribution in [-0.4, -0.2) is 41.7 Å². The summed E-state index contributed by atoms with van der Waals surface area (Å²) < 4.78 is 27.6. The molecule has 1 amide bonds. The van der Waals surface area contributed by atoms with E-state index < -0.39 is 10.0 Å². The highest BCUT2D eigenvalue weighted by molar-refractivity contribution is 7.89. The Balaban J connectivity index is 1.45. The fourth-order valence-electron chi connectivity index (χ4n) is 3.88. The summed E-state index contributed by atoms with van der Waals surface area (Å²) in [4.78, 5) is 21.3. The van der Waals surface area contributed by atoms with Crippen LogP contribution < -0.4 is 5.32 Å². The number of piperidine rings is 1. The number of hydrogen-bond acceptors (Lipinski definition) is 6. The Morgan fingerprint density at radius 1 is 1.13 bits per heavy atom.